The van der Waals surface area contributed by atoms with Crippen LogP contribution in [0.15, 0.2) is 67.3 Å². The summed E-state index contributed by atoms with van der Waals surface area (Å²) >= 11 is 0. The van der Waals surface area contributed by atoms with Crippen LogP contribution in [-0.4, -0.2) is 43.4 Å². The number of rotatable bonds is 5. The molecule has 1 fully saturated rings. The molecule has 0 saturated carbocycles. The van der Waals surface area contributed by atoms with Crippen molar-refractivity contribution in [2.75, 3.05) is 13.1 Å². The molecule has 0 N–H and O–H groups in total. The van der Waals surface area contributed by atoms with E-state index in [9.17, 15) is 9.18 Å². The predicted molar refractivity (Wildman–Crippen MR) is 120 cm³/mol. The number of carbonyl (C=O) groups is 1. The Labute approximate surface area is 185 Å². The zero-order chi connectivity index (χ0) is 21.9. The number of piperidine rings is 1. The number of likely N-dealkylation sites (tertiary alicyclic amines) is 1. The van der Waals surface area contributed by atoms with Gasteiger partial charge in [-0.3, -0.25) is 9.78 Å². The van der Waals surface area contributed by atoms with Gasteiger partial charge in [0, 0.05) is 25.5 Å². The Morgan fingerprint density at radius 3 is 2.62 bits per heavy atom. The van der Waals surface area contributed by atoms with E-state index in [0.29, 0.717) is 36.6 Å². The molecule has 0 atom stereocenters. The van der Waals surface area contributed by atoms with Crippen LogP contribution in [0.1, 0.15) is 34.5 Å². The fraction of sp³-hybridized carbons (Fsp3) is 0.280. The van der Waals surface area contributed by atoms with E-state index < -0.39 is 0 Å². The summed E-state index contributed by atoms with van der Waals surface area (Å²) in [7, 11) is 0. The Morgan fingerprint density at radius 1 is 1.03 bits per heavy atom. The fourth-order valence-corrected chi connectivity index (χ4v) is 4.35. The highest BCUT2D eigenvalue weighted by Crippen LogP contribution is 2.24. The molecule has 0 bridgehead atoms. The normalized spacial score (nSPS) is 14.7. The molecule has 6 nitrogen and oxygen atoms in total. The van der Waals surface area contributed by atoms with Crippen LogP contribution in [0.2, 0.25) is 0 Å². The van der Waals surface area contributed by atoms with E-state index in [-0.39, 0.29) is 11.7 Å². The van der Waals surface area contributed by atoms with Gasteiger partial charge in [0.05, 0.1) is 24.1 Å². The molecule has 5 rings (SSSR count). The molecule has 1 aromatic carbocycles. The molecule has 0 aliphatic carbocycles. The van der Waals surface area contributed by atoms with E-state index in [4.69, 9.17) is 0 Å². The van der Waals surface area contributed by atoms with Gasteiger partial charge >= 0.3 is 0 Å². The molecule has 3 aromatic heterocycles. The van der Waals surface area contributed by atoms with E-state index in [1.54, 1.807) is 24.8 Å². The molecule has 1 amide bonds. The predicted octanol–water partition coefficient (Wildman–Crippen LogP) is 4.11. The lowest BCUT2D eigenvalue weighted by molar-refractivity contribution is 0.0690. The number of carbonyl (C=O) groups excluding carboxylic acids is 1. The maximum atomic E-state index is 13.9. The molecule has 1 aliphatic heterocycles. The van der Waals surface area contributed by atoms with Crippen molar-refractivity contribution in [2.45, 2.75) is 25.8 Å². The van der Waals surface area contributed by atoms with Gasteiger partial charge in [0.1, 0.15) is 11.3 Å². The summed E-state index contributed by atoms with van der Waals surface area (Å²) in [6.45, 7) is 1.92. The summed E-state index contributed by atoms with van der Waals surface area (Å²) in [5, 5.41) is 0. The van der Waals surface area contributed by atoms with E-state index >= 15 is 0 Å². The topological polar surface area (TPSA) is 63.9 Å². The second kappa shape index (κ2) is 8.86. The summed E-state index contributed by atoms with van der Waals surface area (Å²) in [5.74, 6) is 0.217. The van der Waals surface area contributed by atoms with Gasteiger partial charge in [-0.25, -0.2) is 14.4 Å². The maximum Gasteiger partial charge on any atom is 0.255 e. The summed E-state index contributed by atoms with van der Waals surface area (Å²) < 4.78 is 15.9. The molecule has 1 aliphatic rings. The van der Waals surface area contributed by atoms with Gasteiger partial charge in [0.2, 0.25) is 0 Å². The number of hydrogen-bond acceptors (Lipinski definition) is 4. The van der Waals surface area contributed by atoms with Gasteiger partial charge in [0.25, 0.3) is 5.91 Å². The third kappa shape index (κ3) is 4.23. The Morgan fingerprint density at radius 2 is 1.84 bits per heavy atom. The number of halogens is 1. The first kappa shape index (κ1) is 20.3. The van der Waals surface area contributed by atoms with E-state index in [0.717, 1.165) is 36.2 Å². The number of pyridine rings is 2. The first-order chi connectivity index (χ1) is 15.7. The third-order valence-electron chi connectivity index (χ3n) is 6.13. The largest absolute Gasteiger partial charge is 0.339 e. The molecule has 0 radical (unpaired) electrons. The van der Waals surface area contributed by atoms with Crippen molar-refractivity contribution < 1.29 is 9.18 Å². The number of amides is 1. The van der Waals surface area contributed by atoms with Gasteiger partial charge in [0.15, 0.2) is 5.65 Å². The van der Waals surface area contributed by atoms with Crippen LogP contribution in [0.25, 0.3) is 11.2 Å². The Balaban J connectivity index is 1.24. The highest BCUT2D eigenvalue weighted by molar-refractivity contribution is 5.96. The van der Waals surface area contributed by atoms with Gasteiger partial charge in [-0.15, -0.1) is 0 Å². The van der Waals surface area contributed by atoms with Gasteiger partial charge in [-0.2, -0.15) is 0 Å². The van der Waals surface area contributed by atoms with Gasteiger partial charge in [-0.1, -0.05) is 24.3 Å². The Hall–Kier alpha value is -3.61. The van der Waals surface area contributed by atoms with E-state index in [1.165, 1.54) is 6.07 Å². The van der Waals surface area contributed by atoms with Crippen molar-refractivity contribution in [3.63, 3.8) is 0 Å². The number of nitrogens with zero attached hydrogens (tertiary/aromatic N) is 5. The molecule has 4 aromatic rings. The zero-order valence-electron chi connectivity index (χ0n) is 17.7. The number of hydrogen-bond donors (Lipinski definition) is 0. The SMILES string of the molecule is O=C(c1cnc2c(c1)ncn2Cc1ccccn1)N1CCC(Cc2ccccc2F)CC1. The van der Waals surface area contributed by atoms with Crippen LogP contribution in [-0.2, 0) is 13.0 Å². The number of benzene rings is 1. The molecule has 7 heteroatoms. The smallest absolute Gasteiger partial charge is 0.255 e. The van der Waals surface area contributed by atoms with E-state index in [2.05, 4.69) is 15.0 Å². The van der Waals surface area contributed by atoms with Crippen molar-refractivity contribution >= 4 is 17.1 Å². The Kier molecular flexibility index (Phi) is 5.62. The molecule has 32 heavy (non-hydrogen) atoms. The molecule has 162 valence electrons. The minimum absolute atomic E-state index is 0.0250. The minimum Gasteiger partial charge on any atom is -0.339 e. The van der Waals surface area contributed by atoms with Crippen LogP contribution in [0.5, 0.6) is 0 Å². The average molecular weight is 429 g/mol. The quantitative estimate of drug-likeness (QED) is 0.479. The molecule has 0 spiro atoms. The monoisotopic (exact) mass is 429 g/mol. The highest BCUT2D eigenvalue weighted by Gasteiger charge is 2.25. The van der Waals surface area contributed by atoms with Crippen LogP contribution in [0.3, 0.4) is 0 Å². The lowest BCUT2D eigenvalue weighted by Gasteiger charge is -2.32. The van der Waals surface area contributed by atoms with Crippen molar-refractivity contribution in [3.05, 3.63) is 89.9 Å². The summed E-state index contributed by atoms with van der Waals surface area (Å²) in [6, 6.07) is 14.5. The van der Waals surface area contributed by atoms with Crippen LogP contribution >= 0.6 is 0 Å². The second-order valence-electron chi connectivity index (χ2n) is 8.29. The van der Waals surface area contributed by atoms with Gasteiger partial charge in [-0.05, 0) is 55.0 Å². The first-order valence-electron chi connectivity index (χ1n) is 10.9. The number of aromatic nitrogens is 4. The standard InChI is InChI=1S/C25H24FN5O/c26-22-7-2-1-5-19(22)13-18-8-11-30(12-9-18)25(32)20-14-23-24(28-15-20)31(17-29-23)16-21-6-3-4-10-27-21/h1-7,10,14-15,17-18H,8-9,11-13,16H2. The van der Waals surface area contributed by atoms with Crippen molar-refractivity contribution in [2.24, 2.45) is 5.92 Å². The number of imidazole rings is 1. The maximum absolute atomic E-state index is 13.9. The molecular weight excluding hydrogens is 405 g/mol. The second-order valence-corrected chi connectivity index (χ2v) is 8.29. The summed E-state index contributed by atoms with van der Waals surface area (Å²) in [5.41, 5.74) is 3.66. The minimum atomic E-state index is -0.145. The van der Waals surface area contributed by atoms with Crippen LogP contribution in [0.4, 0.5) is 4.39 Å². The first-order valence-corrected chi connectivity index (χ1v) is 10.9. The molecular formula is C25H24FN5O. The lowest BCUT2D eigenvalue weighted by atomic mass is 9.90. The van der Waals surface area contributed by atoms with Crippen molar-refractivity contribution in [1.82, 2.24) is 24.4 Å². The van der Waals surface area contributed by atoms with E-state index in [1.807, 2.05) is 45.9 Å². The average Bonchev–Trinajstić information content (AvgIpc) is 3.23. The fourth-order valence-electron chi connectivity index (χ4n) is 4.35. The van der Waals surface area contributed by atoms with Gasteiger partial charge < -0.3 is 9.47 Å². The van der Waals surface area contributed by atoms with Crippen LogP contribution in [0, 0.1) is 11.7 Å². The van der Waals surface area contributed by atoms with Crippen LogP contribution < -0.4 is 0 Å². The van der Waals surface area contributed by atoms with Crippen molar-refractivity contribution in [3.8, 4) is 0 Å². The lowest BCUT2D eigenvalue weighted by Crippen LogP contribution is -2.39. The van der Waals surface area contributed by atoms with Crippen molar-refractivity contribution in [1.29, 1.82) is 0 Å². The number of fused-ring (bicyclic) bond motifs is 1. The summed E-state index contributed by atoms with van der Waals surface area (Å²) in [6.07, 6.45) is 7.58. The third-order valence-corrected chi connectivity index (χ3v) is 6.13. The molecule has 0 unspecified atom stereocenters. The molecule has 1 saturated heterocycles. The Bertz CT molecular complexity index is 1230. The summed E-state index contributed by atoms with van der Waals surface area (Å²) in [4.78, 5) is 28.2. The zero-order valence-corrected chi connectivity index (χ0v) is 17.7. The molecule has 4 heterocycles. The highest BCUT2D eigenvalue weighted by atomic mass is 19.1.